The van der Waals surface area contributed by atoms with Gasteiger partial charge in [0.05, 0.1) is 6.10 Å². The van der Waals surface area contributed by atoms with Crippen LogP contribution in [0.3, 0.4) is 0 Å². The zero-order valence-corrected chi connectivity index (χ0v) is 10.9. The molecule has 16 heavy (non-hydrogen) atoms. The maximum Gasteiger partial charge on any atom is 0.0576 e. The van der Waals surface area contributed by atoms with E-state index in [1.54, 1.807) is 0 Å². The Bertz CT molecular complexity index is 213. The van der Waals surface area contributed by atoms with Gasteiger partial charge in [-0.25, -0.2) is 0 Å². The van der Waals surface area contributed by atoms with Gasteiger partial charge < -0.3 is 10.5 Å². The smallest absolute Gasteiger partial charge is 0.0576 e. The summed E-state index contributed by atoms with van der Waals surface area (Å²) in [6.07, 6.45) is 9.12. The molecule has 0 aromatic rings. The average molecular weight is 225 g/mol. The van der Waals surface area contributed by atoms with Gasteiger partial charge >= 0.3 is 0 Å². The largest absolute Gasteiger partial charge is 0.378 e. The number of ether oxygens (including phenoxy) is 1. The highest BCUT2D eigenvalue weighted by atomic mass is 16.5. The second-order valence-electron chi connectivity index (χ2n) is 6.39. The molecular formula is C14H27NO. The van der Waals surface area contributed by atoms with Gasteiger partial charge in [0.15, 0.2) is 0 Å². The maximum atomic E-state index is 6.56. The Morgan fingerprint density at radius 2 is 1.94 bits per heavy atom. The van der Waals surface area contributed by atoms with Crippen LogP contribution in [0.15, 0.2) is 0 Å². The first-order valence-corrected chi connectivity index (χ1v) is 6.98. The van der Waals surface area contributed by atoms with E-state index >= 15 is 0 Å². The van der Waals surface area contributed by atoms with Crippen LogP contribution in [0.4, 0.5) is 0 Å². The highest BCUT2D eigenvalue weighted by Crippen LogP contribution is 2.37. The van der Waals surface area contributed by atoms with E-state index in [-0.39, 0.29) is 5.54 Å². The van der Waals surface area contributed by atoms with Crippen molar-refractivity contribution in [3.8, 4) is 0 Å². The lowest BCUT2D eigenvalue weighted by Crippen LogP contribution is -2.46. The van der Waals surface area contributed by atoms with Crippen LogP contribution in [0.5, 0.6) is 0 Å². The molecule has 2 aliphatic rings. The molecule has 0 aromatic carbocycles. The average Bonchev–Trinajstić information content (AvgIpc) is 2.64. The summed E-state index contributed by atoms with van der Waals surface area (Å²) in [4.78, 5) is 0. The van der Waals surface area contributed by atoms with Gasteiger partial charge in [-0.1, -0.05) is 13.8 Å². The number of hydrogen-bond acceptors (Lipinski definition) is 2. The van der Waals surface area contributed by atoms with Crippen molar-refractivity contribution in [2.24, 2.45) is 17.6 Å². The topological polar surface area (TPSA) is 35.2 Å². The van der Waals surface area contributed by atoms with Crippen molar-refractivity contribution < 1.29 is 4.74 Å². The van der Waals surface area contributed by atoms with Crippen molar-refractivity contribution in [2.45, 2.75) is 70.4 Å². The first-order valence-electron chi connectivity index (χ1n) is 6.98. The molecule has 1 heterocycles. The minimum Gasteiger partial charge on any atom is -0.378 e. The van der Waals surface area contributed by atoms with Gasteiger partial charge in [0.1, 0.15) is 0 Å². The fourth-order valence-corrected chi connectivity index (χ4v) is 3.85. The van der Waals surface area contributed by atoms with Crippen molar-refractivity contribution in [2.75, 3.05) is 6.61 Å². The van der Waals surface area contributed by atoms with Gasteiger partial charge in [0.25, 0.3) is 0 Å². The SMILES string of the molecule is CC1CC(C)CC(N)(CCC2CCCO2)C1. The van der Waals surface area contributed by atoms with Gasteiger partial charge in [-0.3, -0.25) is 0 Å². The molecule has 0 radical (unpaired) electrons. The van der Waals surface area contributed by atoms with Crippen molar-refractivity contribution >= 4 is 0 Å². The lowest BCUT2D eigenvalue weighted by molar-refractivity contribution is 0.0848. The molecule has 3 atom stereocenters. The Morgan fingerprint density at radius 3 is 2.50 bits per heavy atom. The van der Waals surface area contributed by atoms with E-state index in [0.717, 1.165) is 24.9 Å². The molecule has 0 amide bonds. The zero-order valence-electron chi connectivity index (χ0n) is 10.9. The molecule has 0 spiro atoms. The second kappa shape index (κ2) is 5.05. The Hall–Kier alpha value is -0.0800. The van der Waals surface area contributed by atoms with E-state index in [1.165, 1.54) is 38.5 Å². The summed E-state index contributed by atoms with van der Waals surface area (Å²) in [5.41, 5.74) is 6.66. The van der Waals surface area contributed by atoms with Crippen molar-refractivity contribution in [3.05, 3.63) is 0 Å². The second-order valence-corrected chi connectivity index (χ2v) is 6.39. The monoisotopic (exact) mass is 225 g/mol. The number of rotatable bonds is 3. The van der Waals surface area contributed by atoms with E-state index in [4.69, 9.17) is 10.5 Å². The van der Waals surface area contributed by atoms with Crippen molar-refractivity contribution in [1.29, 1.82) is 0 Å². The Labute approximate surface area is 99.9 Å². The van der Waals surface area contributed by atoms with Gasteiger partial charge in [0.2, 0.25) is 0 Å². The minimum absolute atomic E-state index is 0.100. The van der Waals surface area contributed by atoms with Crippen LogP contribution < -0.4 is 5.73 Å². The molecule has 0 bridgehead atoms. The number of hydrogen-bond donors (Lipinski definition) is 1. The van der Waals surface area contributed by atoms with Gasteiger partial charge in [-0.15, -0.1) is 0 Å². The normalized spacial score (nSPS) is 44.8. The molecule has 2 fully saturated rings. The molecule has 2 rings (SSSR count). The first-order chi connectivity index (χ1) is 7.57. The molecule has 1 aliphatic heterocycles. The maximum absolute atomic E-state index is 6.56. The predicted molar refractivity (Wildman–Crippen MR) is 67.3 cm³/mol. The molecule has 1 saturated heterocycles. The molecule has 0 aromatic heterocycles. The third-order valence-electron chi connectivity index (χ3n) is 4.30. The molecule has 1 saturated carbocycles. The van der Waals surface area contributed by atoms with Crippen LogP contribution in [0.25, 0.3) is 0 Å². The lowest BCUT2D eigenvalue weighted by atomic mass is 9.70. The van der Waals surface area contributed by atoms with Gasteiger partial charge in [0, 0.05) is 12.1 Å². The highest BCUT2D eigenvalue weighted by Gasteiger charge is 2.34. The van der Waals surface area contributed by atoms with E-state index < -0.39 is 0 Å². The summed E-state index contributed by atoms with van der Waals surface area (Å²) in [6.45, 7) is 5.67. The van der Waals surface area contributed by atoms with E-state index in [1.807, 2.05) is 0 Å². The molecule has 94 valence electrons. The van der Waals surface area contributed by atoms with Crippen LogP contribution in [0.1, 0.15) is 58.8 Å². The third kappa shape index (κ3) is 3.21. The van der Waals surface area contributed by atoms with E-state index in [0.29, 0.717) is 6.10 Å². The summed E-state index contributed by atoms with van der Waals surface area (Å²) in [6, 6.07) is 0. The summed E-state index contributed by atoms with van der Waals surface area (Å²) >= 11 is 0. The Kier molecular flexibility index (Phi) is 3.91. The van der Waals surface area contributed by atoms with Crippen LogP contribution in [-0.4, -0.2) is 18.2 Å². The van der Waals surface area contributed by atoms with E-state index in [9.17, 15) is 0 Å². The minimum atomic E-state index is 0.100. The quantitative estimate of drug-likeness (QED) is 0.801. The fourth-order valence-electron chi connectivity index (χ4n) is 3.85. The summed E-state index contributed by atoms with van der Waals surface area (Å²) in [5, 5.41) is 0. The van der Waals surface area contributed by atoms with Crippen LogP contribution >= 0.6 is 0 Å². The molecule has 2 nitrogen and oxygen atoms in total. The predicted octanol–water partition coefficient (Wildman–Crippen LogP) is 3.10. The highest BCUT2D eigenvalue weighted by molar-refractivity contribution is 4.92. The van der Waals surface area contributed by atoms with Crippen LogP contribution in [0.2, 0.25) is 0 Å². The Balaban J connectivity index is 1.81. The summed E-state index contributed by atoms with van der Waals surface area (Å²) in [7, 11) is 0. The van der Waals surface area contributed by atoms with Crippen molar-refractivity contribution in [1.82, 2.24) is 0 Å². The van der Waals surface area contributed by atoms with Gasteiger partial charge in [-0.2, -0.15) is 0 Å². The Morgan fingerprint density at radius 1 is 1.25 bits per heavy atom. The standard InChI is InChI=1S/C14H27NO/c1-11-8-12(2)10-14(15,9-11)6-5-13-4-3-7-16-13/h11-13H,3-10,15H2,1-2H3. The summed E-state index contributed by atoms with van der Waals surface area (Å²) < 4.78 is 5.69. The first kappa shape index (κ1) is 12.4. The number of nitrogens with two attached hydrogens (primary N) is 1. The lowest BCUT2D eigenvalue weighted by Gasteiger charge is -2.40. The van der Waals surface area contributed by atoms with Crippen LogP contribution in [0, 0.1) is 11.8 Å². The third-order valence-corrected chi connectivity index (χ3v) is 4.30. The molecular weight excluding hydrogens is 198 g/mol. The van der Waals surface area contributed by atoms with Gasteiger partial charge in [-0.05, 0) is 56.8 Å². The van der Waals surface area contributed by atoms with Crippen LogP contribution in [-0.2, 0) is 4.74 Å². The molecule has 3 unspecified atom stereocenters. The summed E-state index contributed by atoms with van der Waals surface area (Å²) in [5.74, 6) is 1.61. The molecule has 1 aliphatic carbocycles. The fraction of sp³-hybridized carbons (Fsp3) is 1.00. The van der Waals surface area contributed by atoms with Crippen molar-refractivity contribution in [3.63, 3.8) is 0 Å². The zero-order chi connectivity index (χ0) is 11.6. The molecule has 2 heteroatoms. The van der Waals surface area contributed by atoms with E-state index in [2.05, 4.69) is 13.8 Å². The molecule has 2 N–H and O–H groups in total.